The van der Waals surface area contributed by atoms with E-state index in [1.807, 2.05) is 23.6 Å². The van der Waals surface area contributed by atoms with Gasteiger partial charge in [0.25, 0.3) is 0 Å². The molecule has 3 rings (SSSR count). The van der Waals surface area contributed by atoms with Gasteiger partial charge in [-0.2, -0.15) is 0 Å². The molecule has 3 heterocycles. The quantitative estimate of drug-likeness (QED) is 0.912. The van der Waals surface area contributed by atoms with Crippen LogP contribution in [-0.4, -0.2) is 18.1 Å². The molecule has 20 heavy (non-hydrogen) atoms. The second-order valence-electron chi connectivity index (χ2n) is 5.40. The first-order chi connectivity index (χ1) is 9.75. The molecule has 2 aromatic rings. The van der Waals surface area contributed by atoms with Crippen molar-refractivity contribution in [1.29, 1.82) is 0 Å². The highest BCUT2D eigenvalue weighted by Crippen LogP contribution is 2.31. The first-order valence-electron chi connectivity index (χ1n) is 7.26. The topological polar surface area (TPSA) is 28.2 Å². The lowest BCUT2D eigenvalue weighted by Gasteiger charge is -2.23. The standard InChI is InChI=1S/C16H21N3S/c1-12-7-11-20-15(12)13(2)18-14-6-5-8-17-16(14)19-9-3-4-10-19/h5-8,11,13,18H,3-4,9-10H2,1-2H3. The second-order valence-corrected chi connectivity index (χ2v) is 6.35. The zero-order chi connectivity index (χ0) is 13.9. The molecule has 106 valence electrons. The molecule has 2 aromatic heterocycles. The van der Waals surface area contributed by atoms with Gasteiger partial charge in [-0.25, -0.2) is 4.98 Å². The van der Waals surface area contributed by atoms with Crippen molar-refractivity contribution in [2.45, 2.75) is 32.7 Å². The molecule has 1 aliphatic heterocycles. The number of pyridine rings is 1. The molecule has 4 heteroatoms. The summed E-state index contributed by atoms with van der Waals surface area (Å²) in [7, 11) is 0. The Hall–Kier alpha value is -1.55. The Morgan fingerprint density at radius 3 is 2.80 bits per heavy atom. The molecule has 0 bridgehead atoms. The predicted molar refractivity (Wildman–Crippen MR) is 86.8 cm³/mol. The van der Waals surface area contributed by atoms with Crippen molar-refractivity contribution < 1.29 is 0 Å². The Labute approximate surface area is 124 Å². The molecule has 0 amide bonds. The summed E-state index contributed by atoms with van der Waals surface area (Å²) in [5.41, 5.74) is 2.51. The highest BCUT2D eigenvalue weighted by Gasteiger charge is 2.18. The highest BCUT2D eigenvalue weighted by molar-refractivity contribution is 7.10. The second kappa shape index (κ2) is 5.83. The van der Waals surface area contributed by atoms with E-state index in [0.29, 0.717) is 6.04 Å². The monoisotopic (exact) mass is 287 g/mol. The highest BCUT2D eigenvalue weighted by atomic mass is 32.1. The Morgan fingerprint density at radius 2 is 2.10 bits per heavy atom. The van der Waals surface area contributed by atoms with Crippen molar-refractivity contribution >= 4 is 22.8 Å². The van der Waals surface area contributed by atoms with Gasteiger partial charge < -0.3 is 10.2 Å². The summed E-state index contributed by atoms with van der Waals surface area (Å²) in [5, 5.41) is 5.80. The van der Waals surface area contributed by atoms with Crippen molar-refractivity contribution in [3.8, 4) is 0 Å². The van der Waals surface area contributed by atoms with Gasteiger partial charge in [-0.15, -0.1) is 11.3 Å². The maximum absolute atomic E-state index is 4.58. The zero-order valence-electron chi connectivity index (χ0n) is 12.1. The van der Waals surface area contributed by atoms with Gasteiger partial charge in [-0.1, -0.05) is 0 Å². The van der Waals surface area contributed by atoms with E-state index in [0.717, 1.165) is 24.6 Å². The van der Waals surface area contributed by atoms with Crippen LogP contribution in [-0.2, 0) is 0 Å². The van der Waals surface area contributed by atoms with Crippen LogP contribution in [0.15, 0.2) is 29.8 Å². The van der Waals surface area contributed by atoms with Crippen molar-refractivity contribution in [2.75, 3.05) is 23.3 Å². The summed E-state index contributed by atoms with van der Waals surface area (Å²) in [6, 6.07) is 6.65. The summed E-state index contributed by atoms with van der Waals surface area (Å²) >= 11 is 1.82. The Bertz CT molecular complexity index is 573. The molecule has 0 spiro atoms. The zero-order valence-corrected chi connectivity index (χ0v) is 12.9. The largest absolute Gasteiger partial charge is 0.375 e. The van der Waals surface area contributed by atoms with E-state index in [9.17, 15) is 0 Å². The molecule has 0 aliphatic carbocycles. The fraction of sp³-hybridized carbons (Fsp3) is 0.438. The SMILES string of the molecule is Cc1ccsc1C(C)Nc1cccnc1N1CCCC1. The third kappa shape index (κ3) is 2.66. The first kappa shape index (κ1) is 13.4. The Kier molecular flexibility index (Phi) is 3.92. The van der Waals surface area contributed by atoms with Gasteiger partial charge >= 0.3 is 0 Å². The van der Waals surface area contributed by atoms with Crippen LogP contribution >= 0.6 is 11.3 Å². The lowest BCUT2D eigenvalue weighted by molar-refractivity contribution is 0.882. The number of aryl methyl sites for hydroxylation is 1. The smallest absolute Gasteiger partial charge is 0.151 e. The summed E-state index contributed by atoms with van der Waals surface area (Å²) in [4.78, 5) is 8.37. The van der Waals surface area contributed by atoms with E-state index in [1.165, 1.54) is 23.3 Å². The lowest BCUT2D eigenvalue weighted by Crippen LogP contribution is -2.21. The summed E-state index contributed by atoms with van der Waals surface area (Å²) < 4.78 is 0. The Balaban J connectivity index is 1.82. The normalized spacial score (nSPS) is 16.4. The lowest BCUT2D eigenvalue weighted by atomic mass is 10.2. The molecule has 1 unspecified atom stereocenters. The van der Waals surface area contributed by atoms with Gasteiger partial charge in [0.15, 0.2) is 5.82 Å². The van der Waals surface area contributed by atoms with Crippen molar-refractivity contribution in [1.82, 2.24) is 4.98 Å². The summed E-state index contributed by atoms with van der Waals surface area (Å²) in [6.07, 6.45) is 4.44. The number of anilines is 2. The van der Waals surface area contributed by atoms with Crippen LogP contribution in [0.1, 0.15) is 36.2 Å². The minimum atomic E-state index is 0.320. The predicted octanol–water partition coefficient (Wildman–Crippen LogP) is 4.22. The van der Waals surface area contributed by atoms with Gasteiger partial charge in [-0.05, 0) is 55.8 Å². The van der Waals surface area contributed by atoms with Gasteiger partial charge in [0.2, 0.25) is 0 Å². The van der Waals surface area contributed by atoms with Gasteiger partial charge in [0, 0.05) is 24.2 Å². The van der Waals surface area contributed by atoms with Crippen LogP contribution in [0, 0.1) is 6.92 Å². The van der Waals surface area contributed by atoms with Crippen LogP contribution < -0.4 is 10.2 Å². The molecular formula is C16H21N3S. The van der Waals surface area contributed by atoms with Crippen molar-refractivity contribution in [2.24, 2.45) is 0 Å². The maximum Gasteiger partial charge on any atom is 0.151 e. The molecule has 0 radical (unpaired) electrons. The van der Waals surface area contributed by atoms with E-state index < -0.39 is 0 Å². The van der Waals surface area contributed by atoms with Crippen LogP contribution in [0.5, 0.6) is 0 Å². The number of hydrogen-bond donors (Lipinski definition) is 1. The number of hydrogen-bond acceptors (Lipinski definition) is 4. The van der Waals surface area contributed by atoms with Gasteiger partial charge in [0.1, 0.15) is 0 Å². The molecule has 1 aliphatic rings. The van der Waals surface area contributed by atoms with E-state index in [1.54, 1.807) is 0 Å². The number of rotatable bonds is 4. The number of nitrogens with zero attached hydrogens (tertiary/aromatic N) is 2. The molecule has 1 saturated heterocycles. The third-order valence-electron chi connectivity index (χ3n) is 3.86. The summed E-state index contributed by atoms with van der Waals surface area (Å²) in [5.74, 6) is 1.10. The van der Waals surface area contributed by atoms with Gasteiger partial charge in [0.05, 0.1) is 11.7 Å². The minimum Gasteiger partial charge on any atom is -0.375 e. The van der Waals surface area contributed by atoms with E-state index in [-0.39, 0.29) is 0 Å². The third-order valence-corrected chi connectivity index (χ3v) is 5.06. The number of nitrogens with one attached hydrogen (secondary N) is 1. The van der Waals surface area contributed by atoms with Gasteiger partial charge in [-0.3, -0.25) is 0 Å². The molecule has 1 fully saturated rings. The number of aromatic nitrogens is 1. The summed E-state index contributed by atoms with van der Waals surface area (Å²) in [6.45, 7) is 6.64. The maximum atomic E-state index is 4.58. The van der Waals surface area contributed by atoms with E-state index in [2.05, 4.69) is 46.6 Å². The minimum absolute atomic E-state index is 0.320. The molecule has 1 atom stereocenters. The number of thiophene rings is 1. The van der Waals surface area contributed by atoms with Crippen LogP contribution in [0.3, 0.4) is 0 Å². The van der Waals surface area contributed by atoms with E-state index in [4.69, 9.17) is 0 Å². The first-order valence-corrected chi connectivity index (χ1v) is 8.14. The molecule has 0 saturated carbocycles. The van der Waals surface area contributed by atoms with Crippen molar-refractivity contribution in [3.05, 3.63) is 40.2 Å². The van der Waals surface area contributed by atoms with Crippen molar-refractivity contribution in [3.63, 3.8) is 0 Å². The van der Waals surface area contributed by atoms with Crippen LogP contribution in [0.2, 0.25) is 0 Å². The molecule has 1 N–H and O–H groups in total. The molecule has 0 aromatic carbocycles. The fourth-order valence-electron chi connectivity index (χ4n) is 2.82. The van der Waals surface area contributed by atoms with E-state index >= 15 is 0 Å². The molecular weight excluding hydrogens is 266 g/mol. The molecule has 3 nitrogen and oxygen atoms in total. The average molecular weight is 287 g/mol. The Morgan fingerprint density at radius 1 is 1.30 bits per heavy atom. The average Bonchev–Trinajstić information content (AvgIpc) is 3.10. The fourth-order valence-corrected chi connectivity index (χ4v) is 3.75. The van der Waals surface area contributed by atoms with Crippen LogP contribution in [0.25, 0.3) is 0 Å². The van der Waals surface area contributed by atoms with Crippen LogP contribution in [0.4, 0.5) is 11.5 Å².